The van der Waals surface area contributed by atoms with E-state index in [0.717, 1.165) is 30.8 Å². The molecule has 1 aromatic carbocycles. The van der Waals surface area contributed by atoms with Gasteiger partial charge in [0.1, 0.15) is 0 Å². The van der Waals surface area contributed by atoms with Gasteiger partial charge in [-0.1, -0.05) is 6.07 Å². The summed E-state index contributed by atoms with van der Waals surface area (Å²) in [6, 6.07) is 7.17. The molecule has 2 aliphatic rings. The van der Waals surface area contributed by atoms with Gasteiger partial charge >= 0.3 is 0 Å². The molecule has 2 N–H and O–H groups in total. The summed E-state index contributed by atoms with van der Waals surface area (Å²) in [5.74, 6) is -2.02. The van der Waals surface area contributed by atoms with Crippen molar-refractivity contribution in [3.05, 3.63) is 64.1 Å². The summed E-state index contributed by atoms with van der Waals surface area (Å²) < 4.78 is 55.6. The monoisotopic (exact) mass is 431 g/mol. The van der Waals surface area contributed by atoms with Crippen molar-refractivity contribution in [1.29, 1.82) is 0 Å². The minimum absolute atomic E-state index is 0. The highest BCUT2D eigenvalue weighted by molar-refractivity contribution is 7.89. The molecule has 1 fully saturated rings. The Morgan fingerprint density at radius 2 is 1.93 bits per heavy atom. The van der Waals surface area contributed by atoms with E-state index < -0.39 is 21.7 Å². The Morgan fingerprint density at radius 3 is 2.68 bits per heavy atom. The second-order valence-electron chi connectivity index (χ2n) is 7.01. The lowest BCUT2D eigenvalue weighted by Crippen LogP contribution is -2.50. The molecule has 0 radical (unpaired) electrons. The van der Waals surface area contributed by atoms with E-state index in [-0.39, 0.29) is 47.3 Å². The molecular weight excluding hydrogens is 412 g/mol. The van der Waals surface area contributed by atoms with E-state index in [2.05, 4.69) is 10.0 Å². The quantitative estimate of drug-likeness (QED) is 0.773. The van der Waals surface area contributed by atoms with Gasteiger partial charge in [0.2, 0.25) is 10.0 Å². The number of sulfonamides is 1. The van der Waals surface area contributed by atoms with Crippen molar-refractivity contribution >= 4 is 22.4 Å². The van der Waals surface area contributed by atoms with Crippen LogP contribution in [0.1, 0.15) is 24.1 Å². The number of aromatic nitrogens is 1. The standard InChI is InChI=1S/C18H19F2N3O3S.ClH/c19-14-5-4-13(7-15(14)20)27(25,26)22-10-17-12-6-11(8-21-9-12)16-2-1-3-18(24)23(16)17;/h1-5,7,11-12,17,21-22H,6,8-10H2;1H/t11-,12+,17+;/m1./s1. The first-order valence-corrected chi connectivity index (χ1v) is 10.2. The summed E-state index contributed by atoms with van der Waals surface area (Å²) in [6.07, 6.45) is 0.869. The van der Waals surface area contributed by atoms with E-state index in [1.165, 1.54) is 6.07 Å². The highest BCUT2D eigenvalue weighted by Crippen LogP contribution is 2.38. The van der Waals surface area contributed by atoms with Crippen LogP contribution in [0.2, 0.25) is 0 Å². The Morgan fingerprint density at radius 1 is 1.14 bits per heavy atom. The number of benzene rings is 1. The van der Waals surface area contributed by atoms with Gasteiger partial charge in [0.05, 0.1) is 10.9 Å². The first-order chi connectivity index (χ1) is 12.9. The van der Waals surface area contributed by atoms with Gasteiger partial charge in [-0.25, -0.2) is 21.9 Å². The minimum Gasteiger partial charge on any atom is -0.316 e. The number of nitrogens with zero attached hydrogens (tertiary/aromatic N) is 1. The fourth-order valence-corrected chi connectivity index (χ4v) is 5.15. The summed E-state index contributed by atoms with van der Waals surface area (Å²) in [4.78, 5) is 12.1. The molecule has 2 aliphatic heterocycles. The summed E-state index contributed by atoms with van der Waals surface area (Å²) in [7, 11) is -4.03. The number of piperidine rings is 1. The topological polar surface area (TPSA) is 80.2 Å². The first kappa shape index (κ1) is 20.9. The molecule has 4 rings (SSSR count). The number of pyridine rings is 1. The first-order valence-electron chi connectivity index (χ1n) is 8.74. The number of fused-ring (bicyclic) bond motifs is 4. The lowest BCUT2D eigenvalue weighted by molar-refractivity contribution is 0.196. The summed E-state index contributed by atoms with van der Waals surface area (Å²) in [5, 5.41) is 3.34. The zero-order valence-electron chi connectivity index (χ0n) is 14.8. The van der Waals surface area contributed by atoms with Crippen molar-refractivity contribution < 1.29 is 17.2 Å². The molecule has 152 valence electrons. The van der Waals surface area contributed by atoms with Gasteiger partial charge in [0.15, 0.2) is 11.6 Å². The SMILES string of the molecule is Cl.O=c1cccc2n1[C@@H](CNS(=O)(=O)c1ccc(F)c(F)c1)[C@@H]1CNC[C@H]2C1. The van der Waals surface area contributed by atoms with Crippen molar-refractivity contribution in [2.24, 2.45) is 5.92 Å². The lowest BCUT2D eigenvalue weighted by atomic mass is 9.79. The van der Waals surface area contributed by atoms with Crippen molar-refractivity contribution in [2.75, 3.05) is 19.6 Å². The second-order valence-corrected chi connectivity index (χ2v) is 8.77. The second kappa shape index (κ2) is 7.90. The van der Waals surface area contributed by atoms with E-state index in [1.54, 1.807) is 10.6 Å². The van der Waals surface area contributed by atoms with E-state index in [9.17, 15) is 22.0 Å². The van der Waals surface area contributed by atoms with Crippen LogP contribution in [-0.2, 0) is 10.0 Å². The third-order valence-corrected chi connectivity index (χ3v) is 6.81. The minimum atomic E-state index is -4.03. The van der Waals surface area contributed by atoms with E-state index in [4.69, 9.17) is 0 Å². The zero-order valence-corrected chi connectivity index (χ0v) is 16.4. The molecule has 0 unspecified atom stereocenters. The largest absolute Gasteiger partial charge is 0.316 e. The Bertz CT molecular complexity index is 1040. The Kier molecular flexibility index (Phi) is 5.90. The number of hydrogen-bond donors (Lipinski definition) is 2. The van der Waals surface area contributed by atoms with E-state index in [1.807, 2.05) is 6.07 Å². The molecule has 2 bridgehead atoms. The van der Waals surface area contributed by atoms with Crippen LogP contribution in [0.15, 0.2) is 46.1 Å². The van der Waals surface area contributed by atoms with Gasteiger partial charge in [-0.15, -0.1) is 12.4 Å². The summed E-state index contributed by atoms with van der Waals surface area (Å²) in [5.41, 5.74) is 0.726. The van der Waals surface area contributed by atoms with Crippen LogP contribution in [-0.4, -0.2) is 32.6 Å². The van der Waals surface area contributed by atoms with Gasteiger partial charge in [-0.3, -0.25) is 4.79 Å². The predicted molar refractivity (Wildman–Crippen MR) is 102 cm³/mol. The van der Waals surface area contributed by atoms with Crippen LogP contribution in [0, 0.1) is 17.6 Å². The normalized spacial score (nSPS) is 23.6. The maximum absolute atomic E-state index is 13.4. The molecule has 0 aliphatic carbocycles. The maximum atomic E-state index is 13.4. The molecule has 0 saturated carbocycles. The molecular formula is C18H20ClF2N3O3S. The molecule has 6 nitrogen and oxygen atoms in total. The molecule has 0 amide bonds. The summed E-state index contributed by atoms with van der Waals surface area (Å²) >= 11 is 0. The van der Waals surface area contributed by atoms with Gasteiger partial charge in [0.25, 0.3) is 5.56 Å². The molecule has 10 heteroatoms. The van der Waals surface area contributed by atoms with Crippen molar-refractivity contribution in [3.8, 4) is 0 Å². The number of halogens is 3. The van der Waals surface area contributed by atoms with Crippen LogP contribution in [0.3, 0.4) is 0 Å². The fourth-order valence-electron chi connectivity index (χ4n) is 4.09. The van der Waals surface area contributed by atoms with E-state index >= 15 is 0 Å². The maximum Gasteiger partial charge on any atom is 0.251 e. The van der Waals surface area contributed by atoms with Gasteiger partial charge in [-0.05, 0) is 36.6 Å². The fraction of sp³-hybridized carbons (Fsp3) is 0.389. The lowest BCUT2D eigenvalue weighted by Gasteiger charge is -2.43. The molecule has 0 spiro atoms. The third-order valence-electron chi connectivity index (χ3n) is 5.38. The molecule has 1 aromatic heterocycles. The Hall–Kier alpha value is -1.81. The van der Waals surface area contributed by atoms with Gasteiger partial charge in [0, 0.05) is 37.3 Å². The van der Waals surface area contributed by atoms with Crippen molar-refractivity contribution in [1.82, 2.24) is 14.6 Å². The van der Waals surface area contributed by atoms with Crippen LogP contribution in [0.5, 0.6) is 0 Å². The third kappa shape index (κ3) is 3.71. The average molecular weight is 432 g/mol. The zero-order chi connectivity index (χ0) is 19.2. The predicted octanol–water partition coefficient (Wildman–Crippen LogP) is 1.77. The van der Waals surface area contributed by atoms with Crippen molar-refractivity contribution in [3.63, 3.8) is 0 Å². The average Bonchev–Trinajstić information content (AvgIpc) is 2.64. The Labute approximate surface area is 167 Å². The molecule has 3 atom stereocenters. The number of rotatable bonds is 4. The van der Waals surface area contributed by atoms with Crippen LogP contribution >= 0.6 is 12.4 Å². The van der Waals surface area contributed by atoms with Gasteiger partial charge < -0.3 is 9.88 Å². The smallest absolute Gasteiger partial charge is 0.251 e. The van der Waals surface area contributed by atoms with Crippen molar-refractivity contribution in [2.45, 2.75) is 23.3 Å². The van der Waals surface area contributed by atoms with Crippen LogP contribution < -0.4 is 15.6 Å². The molecule has 3 heterocycles. The number of nitrogens with one attached hydrogen (secondary N) is 2. The number of hydrogen-bond acceptors (Lipinski definition) is 4. The van der Waals surface area contributed by atoms with Gasteiger partial charge in [-0.2, -0.15) is 0 Å². The molecule has 2 aromatic rings. The van der Waals surface area contributed by atoms with Crippen LogP contribution in [0.4, 0.5) is 8.78 Å². The highest BCUT2D eigenvalue weighted by Gasteiger charge is 2.38. The molecule has 28 heavy (non-hydrogen) atoms. The highest BCUT2D eigenvalue weighted by atomic mass is 35.5. The Balaban J connectivity index is 0.00000225. The van der Waals surface area contributed by atoms with Crippen LogP contribution in [0.25, 0.3) is 0 Å². The van der Waals surface area contributed by atoms with E-state index in [0.29, 0.717) is 12.6 Å². The summed E-state index contributed by atoms with van der Waals surface area (Å²) in [6.45, 7) is 1.47. The molecule has 1 saturated heterocycles.